The first kappa shape index (κ1) is 32.2. The summed E-state index contributed by atoms with van der Waals surface area (Å²) in [5.74, 6) is -0.0712. The molecule has 7 rings (SSSR count). The van der Waals surface area contributed by atoms with Crippen LogP contribution in [0.3, 0.4) is 0 Å². The van der Waals surface area contributed by atoms with Crippen molar-refractivity contribution in [3.63, 3.8) is 0 Å². The molecule has 0 aliphatic carbocycles. The van der Waals surface area contributed by atoms with E-state index >= 15 is 0 Å². The van der Waals surface area contributed by atoms with Gasteiger partial charge in [-0.1, -0.05) is 24.3 Å². The molecule has 3 saturated heterocycles. The monoisotopic (exact) mass is 657 g/mol. The number of amides is 5. The highest BCUT2D eigenvalue weighted by molar-refractivity contribution is 5.91. The number of piperidine rings is 2. The van der Waals surface area contributed by atoms with Crippen LogP contribution in [0.25, 0.3) is 11.0 Å². The summed E-state index contributed by atoms with van der Waals surface area (Å²) in [6, 6.07) is 11.2. The number of H-pyrrole nitrogens is 2. The van der Waals surface area contributed by atoms with Crippen LogP contribution in [-0.2, 0) is 17.6 Å². The first-order chi connectivity index (χ1) is 23.3. The summed E-state index contributed by atoms with van der Waals surface area (Å²) in [6.45, 7) is 8.96. The Morgan fingerprint density at radius 2 is 1.58 bits per heavy atom. The maximum atomic E-state index is 14.1. The molecule has 4 aliphatic rings. The summed E-state index contributed by atoms with van der Waals surface area (Å²) in [4.78, 5) is 66.8. The number of urea groups is 2. The smallest absolute Gasteiger partial charge is 0.323 e. The van der Waals surface area contributed by atoms with Gasteiger partial charge in [0, 0.05) is 83.1 Å². The lowest BCUT2D eigenvalue weighted by Gasteiger charge is -2.41. The molecule has 5 N–H and O–H groups in total. The third-order valence-electron chi connectivity index (χ3n) is 10.7. The molecule has 5 amide bonds. The minimum absolute atomic E-state index is 0.0379. The summed E-state index contributed by atoms with van der Waals surface area (Å²) in [5.41, 5.74) is 4.93. The Kier molecular flexibility index (Phi) is 9.40. The van der Waals surface area contributed by atoms with Gasteiger partial charge in [-0.25, -0.2) is 14.4 Å². The van der Waals surface area contributed by atoms with Crippen LogP contribution in [-0.4, -0.2) is 125 Å². The molecule has 0 bridgehead atoms. The Balaban J connectivity index is 1.01. The van der Waals surface area contributed by atoms with Gasteiger partial charge in [0.15, 0.2) is 0 Å². The number of benzene rings is 2. The molecule has 1 unspecified atom stereocenters. The fourth-order valence-electron chi connectivity index (χ4n) is 8.03. The van der Waals surface area contributed by atoms with Gasteiger partial charge in [0.1, 0.15) is 6.04 Å². The van der Waals surface area contributed by atoms with Gasteiger partial charge in [0.25, 0.3) is 0 Å². The molecule has 5 heterocycles. The molecular weight excluding hydrogens is 610 g/mol. The number of carbonyl (C=O) groups is 3. The number of anilines is 1. The van der Waals surface area contributed by atoms with E-state index in [9.17, 15) is 19.2 Å². The molecule has 4 aliphatic heterocycles. The average molecular weight is 658 g/mol. The SMILES string of the molecule is Cc1cc(CC(NC(=O)N2CCC(N3CCc4ccccc4NC3=O)CC2)C(=O)N2CCC(N3CCNCC3)CC2)cc2[nH]c(=O)[nH]c12. The Bertz CT molecular complexity index is 1700. The molecule has 1 aromatic heterocycles. The first-order valence-electron chi connectivity index (χ1n) is 17.5. The topological polar surface area (TPSA) is 149 Å². The van der Waals surface area contributed by atoms with Gasteiger partial charge in [-0.2, -0.15) is 0 Å². The second-order valence-electron chi connectivity index (χ2n) is 13.7. The van der Waals surface area contributed by atoms with Gasteiger partial charge in [-0.3, -0.25) is 9.69 Å². The van der Waals surface area contributed by atoms with E-state index in [4.69, 9.17) is 0 Å². The molecule has 0 saturated carbocycles. The minimum atomic E-state index is -0.747. The van der Waals surface area contributed by atoms with E-state index in [-0.39, 0.29) is 29.7 Å². The minimum Gasteiger partial charge on any atom is -0.341 e. The first-order valence-corrected chi connectivity index (χ1v) is 17.5. The van der Waals surface area contributed by atoms with Crippen molar-refractivity contribution in [2.45, 2.75) is 63.6 Å². The average Bonchev–Trinajstić information content (AvgIpc) is 3.40. The second-order valence-corrected chi connectivity index (χ2v) is 13.7. The summed E-state index contributed by atoms with van der Waals surface area (Å²) in [6.07, 6.45) is 4.29. The standard InChI is InChI=1S/C35H47N9O4/c1-23-20-24(21-29-31(23)40-33(46)37-29)22-30(32(45)42-13-7-26(8-14-42)41-18-11-36-12-19-41)39-34(47)43-15-9-27(10-16-43)44-17-6-25-4-2-3-5-28(25)38-35(44)48/h2-5,20-21,26-27,30,36H,6-19,22H2,1H3,(H,38,48)(H,39,47)(H2,37,40,46). The van der Waals surface area contributed by atoms with E-state index < -0.39 is 6.04 Å². The molecule has 0 spiro atoms. The number of para-hydroxylation sites is 1. The largest absolute Gasteiger partial charge is 0.341 e. The maximum absolute atomic E-state index is 14.1. The second kappa shape index (κ2) is 14.0. The van der Waals surface area contributed by atoms with Crippen LogP contribution in [0, 0.1) is 6.92 Å². The molecule has 13 heteroatoms. The van der Waals surface area contributed by atoms with Crippen LogP contribution in [0.4, 0.5) is 15.3 Å². The highest BCUT2D eigenvalue weighted by atomic mass is 16.2. The Labute approximate surface area is 280 Å². The summed E-state index contributed by atoms with van der Waals surface area (Å²) in [5, 5.41) is 9.58. The van der Waals surface area contributed by atoms with Crippen molar-refractivity contribution in [3.05, 3.63) is 63.6 Å². The van der Waals surface area contributed by atoms with Gasteiger partial charge in [0.2, 0.25) is 5.91 Å². The number of rotatable bonds is 6. The number of aryl methyl sites for hydroxylation is 1. The van der Waals surface area contributed by atoms with Gasteiger partial charge in [-0.05, 0) is 67.9 Å². The summed E-state index contributed by atoms with van der Waals surface area (Å²) >= 11 is 0. The predicted octanol–water partition coefficient (Wildman–Crippen LogP) is 2.24. The quantitative estimate of drug-likeness (QED) is 0.275. The third-order valence-corrected chi connectivity index (χ3v) is 10.7. The molecule has 3 fully saturated rings. The maximum Gasteiger partial charge on any atom is 0.323 e. The van der Waals surface area contributed by atoms with Gasteiger partial charge < -0.3 is 40.6 Å². The van der Waals surface area contributed by atoms with Crippen molar-refractivity contribution < 1.29 is 14.4 Å². The number of piperazine rings is 1. The number of fused-ring (bicyclic) bond motifs is 2. The van der Waals surface area contributed by atoms with Crippen molar-refractivity contribution in [1.82, 2.24) is 40.2 Å². The molecule has 48 heavy (non-hydrogen) atoms. The lowest BCUT2D eigenvalue weighted by Crippen LogP contribution is -2.58. The van der Waals surface area contributed by atoms with Gasteiger partial charge >= 0.3 is 17.8 Å². The number of carbonyl (C=O) groups excluding carboxylic acids is 3. The third kappa shape index (κ3) is 6.93. The molecular formula is C35H47N9O4. The summed E-state index contributed by atoms with van der Waals surface area (Å²) in [7, 11) is 0. The number of nitrogens with zero attached hydrogens (tertiary/aromatic N) is 4. The number of hydrogen-bond acceptors (Lipinski definition) is 6. The molecule has 256 valence electrons. The number of likely N-dealkylation sites (tertiary alicyclic amines) is 2. The van der Waals surface area contributed by atoms with E-state index in [1.54, 1.807) is 4.90 Å². The van der Waals surface area contributed by atoms with Crippen LogP contribution < -0.4 is 21.6 Å². The zero-order valence-corrected chi connectivity index (χ0v) is 27.7. The molecule has 2 aromatic carbocycles. The highest BCUT2D eigenvalue weighted by Crippen LogP contribution is 2.25. The van der Waals surface area contributed by atoms with E-state index in [1.165, 1.54) is 0 Å². The van der Waals surface area contributed by atoms with Crippen molar-refractivity contribution in [3.8, 4) is 0 Å². The van der Waals surface area contributed by atoms with E-state index in [2.05, 4.69) is 36.9 Å². The van der Waals surface area contributed by atoms with Gasteiger partial charge in [-0.15, -0.1) is 0 Å². The van der Waals surface area contributed by atoms with Crippen LogP contribution in [0.15, 0.2) is 41.2 Å². The fourth-order valence-corrected chi connectivity index (χ4v) is 8.03. The number of imidazole rings is 1. The molecule has 1 atom stereocenters. The van der Waals surface area contributed by atoms with E-state index in [0.717, 1.165) is 73.3 Å². The predicted molar refractivity (Wildman–Crippen MR) is 184 cm³/mol. The molecule has 0 radical (unpaired) electrons. The van der Waals surface area contributed by atoms with E-state index in [0.29, 0.717) is 63.5 Å². The van der Waals surface area contributed by atoms with E-state index in [1.807, 2.05) is 47.1 Å². The van der Waals surface area contributed by atoms with Gasteiger partial charge in [0.05, 0.1) is 11.0 Å². The lowest BCUT2D eigenvalue weighted by molar-refractivity contribution is -0.134. The number of aromatic amines is 2. The Morgan fingerprint density at radius 3 is 2.35 bits per heavy atom. The van der Waals surface area contributed by atoms with Crippen molar-refractivity contribution in [1.29, 1.82) is 0 Å². The zero-order valence-electron chi connectivity index (χ0n) is 27.7. The number of aromatic nitrogens is 2. The van der Waals surface area contributed by atoms with Crippen LogP contribution in [0.1, 0.15) is 42.4 Å². The normalized spacial score (nSPS) is 20.7. The number of hydrogen-bond donors (Lipinski definition) is 5. The summed E-state index contributed by atoms with van der Waals surface area (Å²) < 4.78 is 0. The Morgan fingerprint density at radius 1 is 0.875 bits per heavy atom. The highest BCUT2D eigenvalue weighted by Gasteiger charge is 2.35. The number of nitrogens with one attached hydrogen (secondary N) is 5. The lowest BCUT2D eigenvalue weighted by atomic mass is 9.98. The fraction of sp³-hybridized carbons (Fsp3) is 0.543. The van der Waals surface area contributed by atoms with Crippen LogP contribution >= 0.6 is 0 Å². The zero-order chi connectivity index (χ0) is 33.2. The Hall–Kier alpha value is -4.36. The molecule has 3 aromatic rings. The van der Waals surface area contributed by atoms with Crippen LogP contribution in [0.5, 0.6) is 0 Å². The van der Waals surface area contributed by atoms with Crippen LogP contribution in [0.2, 0.25) is 0 Å². The van der Waals surface area contributed by atoms with Crippen molar-refractivity contribution in [2.24, 2.45) is 0 Å². The molecule has 13 nitrogen and oxygen atoms in total. The van der Waals surface area contributed by atoms with Crippen molar-refractivity contribution in [2.75, 3.05) is 64.2 Å². The van der Waals surface area contributed by atoms with Crippen molar-refractivity contribution >= 4 is 34.7 Å².